The predicted molar refractivity (Wildman–Crippen MR) is 57.7 cm³/mol. The molecule has 1 atom stereocenters. The highest BCUT2D eigenvalue weighted by Crippen LogP contribution is 2.24. The second-order valence-electron chi connectivity index (χ2n) is 3.03. The van der Waals surface area contributed by atoms with Crippen LogP contribution in [0.1, 0.15) is 18.0 Å². The molecule has 1 rings (SSSR count). The monoisotopic (exact) mass is 275 g/mol. The second-order valence-corrected chi connectivity index (χ2v) is 3.88. The van der Waals surface area contributed by atoms with E-state index in [0.29, 0.717) is 10.0 Å². The van der Waals surface area contributed by atoms with Crippen molar-refractivity contribution >= 4 is 21.9 Å². The van der Waals surface area contributed by atoms with Gasteiger partial charge in [0.1, 0.15) is 5.82 Å². The van der Waals surface area contributed by atoms with Crippen molar-refractivity contribution in [1.82, 2.24) is 0 Å². The number of hydrogen-bond donors (Lipinski definition) is 1. The molecule has 5 heteroatoms. The van der Waals surface area contributed by atoms with E-state index >= 15 is 0 Å². The average molecular weight is 276 g/mol. The van der Waals surface area contributed by atoms with Crippen LogP contribution in [-0.2, 0) is 9.53 Å². The summed E-state index contributed by atoms with van der Waals surface area (Å²) in [6.07, 6.45) is -0.0378. The SMILES string of the molecule is COC(=O)CC(N)c1cccc(Br)c1F. The Kier molecular flexibility index (Phi) is 4.23. The van der Waals surface area contributed by atoms with Crippen molar-refractivity contribution in [2.75, 3.05) is 7.11 Å². The van der Waals surface area contributed by atoms with E-state index < -0.39 is 17.8 Å². The lowest BCUT2D eigenvalue weighted by Crippen LogP contribution is -2.17. The van der Waals surface area contributed by atoms with E-state index in [-0.39, 0.29) is 6.42 Å². The summed E-state index contributed by atoms with van der Waals surface area (Å²) in [5.41, 5.74) is 5.98. The minimum Gasteiger partial charge on any atom is -0.469 e. The number of rotatable bonds is 3. The normalized spacial score (nSPS) is 12.3. The minimum absolute atomic E-state index is 0.0378. The van der Waals surface area contributed by atoms with Crippen LogP contribution >= 0.6 is 15.9 Å². The van der Waals surface area contributed by atoms with Gasteiger partial charge < -0.3 is 10.5 Å². The third-order valence-corrected chi connectivity index (χ3v) is 2.61. The van der Waals surface area contributed by atoms with Gasteiger partial charge in [0.15, 0.2) is 0 Å². The van der Waals surface area contributed by atoms with Gasteiger partial charge in [0, 0.05) is 11.6 Å². The van der Waals surface area contributed by atoms with Crippen molar-refractivity contribution in [2.45, 2.75) is 12.5 Å². The number of carbonyl (C=O) groups excluding carboxylic acids is 1. The number of carbonyl (C=O) groups is 1. The number of ether oxygens (including phenoxy) is 1. The Morgan fingerprint density at radius 2 is 2.33 bits per heavy atom. The molecule has 0 saturated carbocycles. The first-order valence-corrected chi connectivity index (χ1v) is 5.12. The van der Waals surface area contributed by atoms with E-state index in [9.17, 15) is 9.18 Å². The van der Waals surface area contributed by atoms with Gasteiger partial charge in [0.05, 0.1) is 18.0 Å². The van der Waals surface area contributed by atoms with Crippen molar-refractivity contribution in [3.63, 3.8) is 0 Å². The van der Waals surface area contributed by atoms with Gasteiger partial charge in [-0.1, -0.05) is 12.1 Å². The second kappa shape index (κ2) is 5.23. The summed E-state index contributed by atoms with van der Waals surface area (Å²) in [4.78, 5) is 11.0. The van der Waals surface area contributed by atoms with Crippen molar-refractivity contribution in [2.24, 2.45) is 5.73 Å². The first-order valence-electron chi connectivity index (χ1n) is 4.32. The molecule has 0 amide bonds. The molecule has 0 heterocycles. The molecule has 3 nitrogen and oxygen atoms in total. The zero-order valence-corrected chi connectivity index (χ0v) is 9.75. The average Bonchev–Trinajstić information content (AvgIpc) is 2.21. The molecular formula is C10H11BrFNO2. The van der Waals surface area contributed by atoms with Crippen LogP contribution in [0.25, 0.3) is 0 Å². The van der Waals surface area contributed by atoms with Crippen molar-refractivity contribution in [3.05, 3.63) is 34.1 Å². The highest BCUT2D eigenvalue weighted by Gasteiger charge is 2.16. The van der Waals surface area contributed by atoms with Crippen molar-refractivity contribution < 1.29 is 13.9 Å². The minimum atomic E-state index is -0.685. The van der Waals surface area contributed by atoms with Crippen LogP contribution in [0.15, 0.2) is 22.7 Å². The van der Waals surface area contributed by atoms with Crippen LogP contribution in [0, 0.1) is 5.82 Å². The molecular weight excluding hydrogens is 265 g/mol. The smallest absolute Gasteiger partial charge is 0.307 e. The van der Waals surface area contributed by atoms with Crippen molar-refractivity contribution in [1.29, 1.82) is 0 Å². The number of hydrogen-bond acceptors (Lipinski definition) is 3. The summed E-state index contributed by atoms with van der Waals surface area (Å²) in [6, 6.07) is 4.10. The molecule has 82 valence electrons. The van der Waals surface area contributed by atoms with Gasteiger partial charge in [0.2, 0.25) is 0 Å². The van der Waals surface area contributed by atoms with Gasteiger partial charge in [-0.2, -0.15) is 0 Å². The van der Waals surface area contributed by atoms with E-state index in [0.717, 1.165) is 0 Å². The van der Waals surface area contributed by atoms with Gasteiger partial charge in [0.25, 0.3) is 0 Å². The van der Waals surface area contributed by atoms with Gasteiger partial charge in [-0.3, -0.25) is 4.79 Å². The van der Waals surface area contributed by atoms with Crippen LogP contribution in [0.2, 0.25) is 0 Å². The summed E-state index contributed by atoms with van der Waals surface area (Å²) in [6.45, 7) is 0. The largest absolute Gasteiger partial charge is 0.469 e. The predicted octanol–water partition coefficient (Wildman–Crippen LogP) is 2.15. The molecule has 0 spiro atoms. The van der Waals surface area contributed by atoms with Gasteiger partial charge >= 0.3 is 5.97 Å². The Morgan fingerprint density at radius 3 is 2.93 bits per heavy atom. The van der Waals surface area contributed by atoms with E-state index in [1.807, 2.05) is 0 Å². The van der Waals surface area contributed by atoms with Crippen LogP contribution in [0.4, 0.5) is 4.39 Å². The Labute approximate surface area is 95.5 Å². The third kappa shape index (κ3) is 3.00. The molecule has 0 radical (unpaired) electrons. The molecule has 15 heavy (non-hydrogen) atoms. The molecule has 0 aromatic heterocycles. The zero-order chi connectivity index (χ0) is 11.4. The number of halogens is 2. The fraction of sp³-hybridized carbons (Fsp3) is 0.300. The standard InChI is InChI=1S/C10H11BrFNO2/c1-15-9(14)5-8(13)6-3-2-4-7(11)10(6)12/h2-4,8H,5,13H2,1H3. The van der Waals surface area contributed by atoms with E-state index in [1.54, 1.807) is 18.2 Å². The van der Waals surface area contributed by atoms with E-state index in [2.05, 4.69) is 20.7 Å². The molecule has 1 unspecified atom stereocenters. The summed E-state index contributed by atoms with van der Waals surface area (Å²) in [5, 5.41) is 0. The lowest BCUT2D eigenvalue weighted by atomic mass is 10.0. The molecule has 0 fully saturated rings. The maximum absolute atomic E-state index is 13.5. The molecule has 1 aromatic rings. The summed E-state index contributed by atoms with van der Waals surface area (Å²) in [5.74, 6) is -0.893. The summed E-state index contributed by atoms with van der Waals surface area (Å²) >= 11 is 3.05. The summed E-state index contributed by atoms with van der Waals surface area (Å²) in [7, 11) is 1.27. The Morgan fingerprint density at radius 1 is 1.67 bits per heavy atom. The quantitative estimate of drug-likeness (QED) is 0.860. The number of esters is 1. The van der Waals surface area contributed by atoms with E-state index in [1.165, 1.54) is 7.11 Å². The molecule has 0 aliphatic rings. The maximum Gasteiger partial charge on any atom is 0.307 e. The van der Waals surface area contributed by atoms with Gasteiger partial charge in [-0.25, -0.2) is 4.39 Å². The Hall–Kier alpha value is -0.940. The number of benzene rings is 1. The maximum atomic E-state index is 13.5. The number of methoxy groups -OCH3 is 1. The Balaban J connectivity index is 2.86. The Bertz CT molecular complexity index is 370. The van der Waals surface area contributed by atoms with Crippen LogP contribution in [-0.4, -0.2) is 13.1 Å². The van der Waals surface area contributed by atoms with Gasteiger partial charge in [-0.15, -0.1) is 0 Å². The highest BCUT2D eigenvalue weighted by molar-refractivity contribution is 9.10. The molecule has 1 aromatic carbocycles. The first kappa shape index (κ1) is 12.1. The fourth-order valence-electron chi connectivity index (χ4n) is 1.18. The molecule has 0 aliphatic carbocycles. The van der Waals surface area contributed by atoms with Crippen LogP contribution in [0.3, 0.4) is 0 Å². The molecule has 0 saturated heterocycles. The zero-order valence-electron chi connectivity index (χ0n) is 8.17. The third-order valence-electron chi connectivity index (χ3n) is 2.00. The van der Waals surface area contributed by atoms with Gasteiger partial charge in [-0.05, 0) is 22.0 Å². The summed E-state index contributed by atoms with van der Waals surface area (Å²) < 4.78 is 18.3. The first-order chi connectivity index (χ1) is 7.06. The lowest BCUT2D eigenvalue weighted by molar-refractivity contribution is -0.141. The van der Waals surface area contributed by atoms with E-state index in [4.69, 9.17) is 5.73 Å². The van der Waals surface area contributed by atoms with Crippen LogP contribution in [0.5, 0.6) is 0 Å². The molecule has 0 bridgehead atoms. The topological polar surface area (TPSA) is 52.3 Å². The van der Waals surface area contributed by atoms with Crippen molar-refractivity contribution in [3.8, 4) is 0 Å². The fourth-order valence-corrected chi connectivity index (χ4v) is 1.56. The van der Waals surface area contributed by atoms with Crippen LogP contribution < -0.4 is 5.73 Å². The molecule has 0 aliphatic heterocycles. The lowest BCUT2D eigenvalue weighted by Gasteiger charge is -2.12. The molecule has 2 N–H and O–H groups in total. The highest BCUT2D eigenvalue weighted by atomic mass is 79.9. The number of nitrogens with two attached hydrogens (primary N) is 1.